The molecule has 4 aliphatic rings. The number of amides is 2. The Morgan fingerprint density at radius 3 is 2.48 bits per heavy atom. The van der Waals surface area contributed by atoms with Crippen molar-refractivity contribution in [3.8, 4) is 11.5 Å². The minimum absolute atomic E-state index is 0.0380. The van der Waals surface area contributed by atoms with Crippen molar-refractivity contribution >= 4 is 46.7 Å². The Labute approximate surface area is 236 Å². The van der Waals surface area contributed by atoms with Crippen LogP contribution in [-0.4, -0.2) is 35.6 Å². The number of anilines is 1. The van der Waals surface area contributed by atoms with Crippen molar-refractivity contribution in [2.75, 3.05) is 12.0 Å². The van der Waals surface area contributed by atoms with E-state index in [1.807, 2.05) is 6.08 Å². The molecule has 0 spiro atoms. The Morgan fingerprint density at radius 1 is 1.07 bits per heavy atom. The summed E-state index contributed by atoms with van der Waals surface area (Å²) in [7, 11) is 1.40. The topological polar surface area (TPSA) is 101 Å². The number of carbonyl (C=O) groups is 4. The molecule has 0 aromatic heterocycles. The summed E-state index contributed by atoms with van der Waals surface area (Å²) in [6, 6.07) is 10.2. The molecule has 2 amide bonds. The molecule has 1 N–H and O–H groups in total. The molecule has 202 valence electrons. The van der Waals surface area contributed by atoms with Crippen molar-refractivity contribution in [2.45, 2.75) is 25.7 Å². The fourth-order valence-corrected chi connectivity index (χ4v) is 6.89. The minimum Gasteiger partial charge on any atom is -0.503 e. The molecule has 40 heavy (non-hydrogen) atoms. The second-order valence-corrected chi connectivity index (χ2v) is 11.0. The lowest BCUT2D eigenvalue weighted by Crippen LogP contribution is -2.39. The quantitative estimate of drug-likeness (QED) is 0.311. The number of phenols is 1. The van der Waals surface area contributed by atoms with Crippen LogP contribution in [0.15, 0.2) is 77.4 Å². The van der Waals surface area contributed by atoms with E-state index in [0.29, 0.717) is 34.4 Å². The van der Waals surface area contributed by atoms with Gasteiger partial charge < -0.3 is 9.84 Å². The monoisotopic (exact) mass is 555 g/mol. The summed E-state index contributed by atoms with van der Waals surface area (Å²) >= 11 is 6.36. The summed E-state index contributed by atoms with van der Waals surface area (Å²) in [6.45, 7) is 5.36. The molecule has 0 unspecified atom stereocenters. The molecule has 1 saturated heterocycles. The van der Waals surface area contributed by atoms with Gasteiger partial charge in [0.05, 0.1) is 29.7 Å². The van der Waals surface area contributed by atoms with Gasteiger partial charge in [0.1, 0.15) is 0 Å². The van der Waals surface area contributed by atoms with Gasteiger partial charge in [-0.3, -0.25) is 24.1 Å². The first-order chi connectivity index (χ1) is 19.2. The van der Waals surface area contributed by atoms with E-state index in [1.165, 1.54) is 18.1 Å². The molecule has 2 aromatic carbocycles. The number of ketones is 2. The highest BCUT2D eigenvalue weighted by Crippen LogP contribution is 2.56. The molecule has 1 fully saturated rings. The Bertz CT molecular complexity index is 1630. The average molecular weight is 556 g/mol. The number of aromatic hydroxyl groups is 1. The lowest BCUT2D eigenvalue weighted by Gasteiger charge is -2.42. The number of carbonyl (C=O) groups excluding carboxylic acids is 4. The van der Waals surface area contributed by atoms with Gasteiger partial charge in [0, 0.05) is 22.6 Å². The molecular weight excluding hydrogens is 530 g/mol. The Hall–Kier alpha value is -4.23. The molecule has 7 nitrogen and oxygen atoms in total. The predicted octanol–water partition coefficient (Wildman–Crippen LogP) is 5.33. The highest BCUT2D eigenvalue weighted by atomic mass is 35.5. The number of nitrogens with zero attached hydrogens (tertiary/aromatic N) is 1. The van der Waals surface area contributed by atoms with E-state index in [0.717, 1.165) is 11.1 Å². The average Bonchev–Trinajstić information content (AvgIpc) is 3.21. The van der Waals surface area contributed by atoms with Gasteiger partial charge in [-0.15, -0.1) is 0 Å². The zero-order valence-corrected chi connectivity index (χ0v) is 22.7. The summed E-state index contributed by atoms with van der Waals surface area (Å²) in [6.07, 6.45) is 5.46. The van der Waals surface area contributed by atoms with Crippen LogP contribution in [0.4, 0.5) is 5.69 Å². The van der Waals surface area contributed by atoms with Gasteiger partial charge in [-0.05, 0) is 67.2 Å². The maximum atomic E-state index is 14.0. The van der Waals surface area contributed by atoms with Crippen LogP contribution in [0, 0.1) is 17.8 Å². The number of rotatable bonds is 4. The number of hydrogen-bond donors (Lipinski definition) is 1. The number of Topliss-reactive ketones (excluding diaryl/α,β-unsaturated/α-hetero) is 1. The lowest BCUT2D eigenvalue weighted by atomic mass is 9.59. The van der Waals surface area contributed by atoms with Crippen LogP contribution in [-0.2, 0) is 19.2 Å². The number of allylic oxidation sites excluding steroid dienone is 6. The first-order valence-electron chi connectivity index (χ1n) is 13.0. The van der Waals surface area contributed by atoms with Crippen molar-refractivity contribution in [1.82, 2.24) is 0 Å². The Balaban J connectivity index is 1.49. The van der Waals surface area contributed by atoms with E-state index in [9.17, 15) is 24.3 Å². The molecule has 3 aliphatic carbocycles. The number of phenolic OH excluding ortho intramolecular Hbond substituents is 1. The largest absolute Gasteiger partial charge is 0.503 e. The fourth-order valence-electron chi connectivity index (χ4n) is 6.67. The van der Waals surface area contributed by atoms with Crippen molar-refractivity contribution < 1.29 is 29.0 Å². The van der Waals surface area contributed by atoms with Gasteiger partial charge in [-0.2, -0.15) is 0 Å². The van der Waals surface area contributed by atoms with Crippen LogP contribution < -0.4 is 9.64 Å². The van der Waals surface area contributed by atoms with E-state index in [1.54, 1.807) is 49.4 Å². The molecule has 0 saturated carbocycles. The van der Waals surface area contributed by atoms with Crippen molar-refractivity contribution in [3.63, 3.8) is 0 Å². The highest BCUT2D eigenvalue weighted by molar-refractivity contribution is 6.32. The van der Waals surface area contributed by atoms with Crippen LogP contribution >= 0.6 is 11.6 Å². The summed E-state index contributed by atoms with van der Waals surface area (Å²) in [5.74, 6) is -3.64. The maximum Gasteiger partial charge on any atom is 0.238 e. The second kappa shape index (κ2) is 9.45. The molecule has 0 bridgehead atoms. The van der Waals surface area contributed by atoms with Crippen LogP contribution in [0.3, 0.4) is 0 Å². The van der Waals surface area contributed by atoms with Gasteiger partial charge in [0.25, 0.3) is 0 Å². The third kappa shape index (κ3) is 3.72. The number of halogens is 1. The smallest absolute Gasteiger partial charge is 0.238 e. The number of fused-ring (bicyclic) bond motifs is 3. The zero-order valence-electron chi connectivity index (χ0n) is 21.9. The molecular formula is C32H26ClNO6. The van der Waals surface area contributed by atoms with E-state index in [2.05, 4.69) is 6.58 Å². The van der Waals surface area contributed by atoms with Crippen LogP contribution in [0.1, 0.15) is 36.8 Å². The standard InChI is InChI=1S/C32H26ClNO6/c1-4-16-5-7-18(8-6-16)34-31(38)20-10-9-19-21(27(20)32(34)39)14-22-24(35)11-15(2)29(36)28(22)26(19)17-12-23(33)30(37)25(13-17)40-3/h4-9,11-13,20-21,26-27,37H,1,10,14H2,2-3H3/t20-,21+,26-,27-/m0/s1. The summed E-state index contributed by atoms with van der Waals surface area (Å²) < 4.78 is 5.33. The minimum atomic E-state index is -0.689. The summed E-state index contributed by atoms with van der Waals surface area (Å²) in [5.41, 5.74) is 3.74. The molecule has 2 aromatic rings. The van der Waals surface area contributed by atoms with E-state index < -0.39 is 23.7 Å². The van der Waals surface area contributed by atoms with Crippen LogP contribution in [0.5, 0.6) is 11.5 Å². The Kier molecular flexibility index (Phi) is 6.15. The summed E-state index contributed by atoms with van der Waals surface area (Å²) in [5, 5.41) is 10.4. The Morgan fingerprint density at radius 2 is 1.80 bits per heavy atom. The van der Waals surface area contributed by atoms with Crippen LogP contribution in [0.25, 0.3) is 6.08 Å². The van der Waals surface area contributed by atoms with Crippen molar-refractivity contribution in [2.24, 2.45) is 17.8 Å². The maximum absolute atomic E-state index is 14.0. The van der Waals surface area contributed by atoms with E-state index in [-0.39, 0.29) is 46.3 Å². The number of benzene rings is 2. The number of methoxy groups -OCH3 is 1. The number of hydrogen-bond acceptors (Lipinski definition) is 6. The molecule has 1 aliphatic heterocycles. The van der Waals surface area contributed by atoms with Crippen molar-refractivity contribution in [1.29, 1.82) is 0 Å². The third-order valence-corrected chi connectivity index (χ3v) is 8.84. The number of ether oxygens (including phenoxy) is 1. The predicted molar refractivity (Wildman–Crippen MR) is 150 cm³/mol. The van der Waals surface area contributed by atoms with Gasteiger partial charge >= 0.3 is 0 Å². The molecule has 8 heteroatoms. The summed E-state index contributed by atoms with van der Waals surface area (Å²) in [4.78, 5) is 55.6. The zero-order chi connectivity index (χ0) is 28.5. The highest BCUT2D eigenvalue weighted by Gasteiger charge is 2.56. The molecule has 6 rings (SSSR count). The normalized spacial score (nSPS) is 25.7. The lowest BCUT2D eigenvalue weighted by molar-refractivity contribution is -0.123. The molecule has 0 radical (unpaired) electrons. The van der Waals surface area contributed by atoms with E-state index >= 15 is 0 Å². The number of imide groups is 1. The third-order valence-electron chi connectivity index (χ3n) is 8.56. The van der Waals surface area contributed by atoms with Gasteiger partial charge in [0.2, 0.25) is 11.8 Å². The van der Waals surface area contributed by atoms with Gasteiger partial charge in [0.15, 0.2) is 23.1 Å². The SMILES string of the molecule is C=Cc1ccc(N2C(=O)[C@H]3[C@H](CC=C4[C@H](c5cc(Cl)c(O)c(OC)c5)C5=C(C[C@H]43)C(=O)C=C(C)C5=O)C2=O)cc1. The molecule has 4 atom stereocenters. The first-order valence-corrected chi connectivity index (χ1v) is 13.4. The first kappa shape index (κ1) is 26.0. The second-order valence-electron chi connectivity index (χ2n) is 10.6. The van der Waals surface area contributed by atoms with Crippen LogP contribution in [0.2, 0.25) is 5.02 Å². The van der Waals surface area contributed by atoms with Gasteiger partial charge in [-0.1, -0.05) is 48.0 Å². The molecule has 1 heterocycles. The van der Waals surface area contributed by atoms with Gasteiger partial charge in [-0.25, -0.2) is 0 Å². The fraction of sp³-hybridized carbons (Fsp3) is 0.250. The van der Waals surface area contributed by atoms with E-state index in [4.69, 9.17) is 16.3 Å². The van der Waals surface area contributed by atoms with Crippen molar-refractivity contribution in [3.05, 3.63) is 93.6 Å².